The van der Waals surface area contributed by atoms with Gasteiger partial charge >= 0.3 is 0 Å². The van der Waals surface area contributed by atoms with E-state index in [0.29, 0.717) is 0 Å². The van der Waals surface area contributed by atoms with Gasteiger partial charge in [0.05, 0.1) is 0 Å². The molecule has 1 aliphatic heterocycles. The Hall–Kier alpha value is -0.580. The molecule has 4 heteroatoms. The van der Waals surface area contributed by atoms with E-state index in [4.69, 9.17) is 0 Å². The fourth-order valence-corrected chi connectivity index (χ4v) is 3.12. The minimum atomic E-state index is -0.164. The number of nitrogens with zero attached hydrogens (tertiary/aromatic N) is 1. The minimum absolute atomic E-state index is 0.164. The fourth-order valence-electron chi connectivity index (χ4n) is 2.24. The van der Waals surface area contributed by atoms with Crippen LogP contribution in [0.15, 0.2) is 29.2 Å². The topological polar surface area (TPSA) is 15.3 Å². The van der Waals surface area contributed by atoms with Crippen LogP contribution in [0.5, 0.6) is 0 Å². The summed E-state index contributed by atoms with van der Waals surface area (Å²) in [7, 11) is 0. The van der Waals surface area contributed by atoms with Crippen molar-refractivity contribution >= 4 is 11.8 Å². The van der Waals surface area contributed by atoms with Gasteiger partial charge in [-0.05, 0) is 38.1 Å². The highest BCUT2D eigenvalue weighted by atomic mass is 32.2. The van der Waals surface area contributed by atoms with Crippen molar-refractivity contribution in [1.82, 2.24) is 10.2 Å². The van der Waals surface area contributed by atoms with E-state index in [-0.39, 0.29) is 11.4 Å². The van der Waals surface area contributed by atoms with Crippen LogP contribution < -0.4 is 5.32 Å². The molecule has 0 spiro atoms. The second-order valence-electron chi connectivity index (χ2n) is 5.28. The molecule has 1 aromatic rings. The van der Waals surface area contributed by atoms with Gasteiger partial charge in [-0.25, -0.2) is 4.39 Å². The van der Waals surface area contributed by atoms with Gasteiger partial charge in [0.2, 0.25) is 0 Å². The van der Waals surface area contributed by atoms with Gasteiger partial charge in [-0.15, -0.1) is 11.8 Å². The molecule has 0 unspecified atom stereocenters. The van der Waals surface area contributed by atoms with E-state index in [0.717, 1.165) is 36.8 Å². The van der Waals surface area contributed by atoms with Crippen LogP contribution in [0.25, 0.3) is 0 Å². The second-order valence-corrected chi connectivity index (χ2v) is 6.45. The molecule has 0 atom stereocenters. The minimum Gasteiger partial charge on any atom is -0.314 e. The summed E-state index contributed by atoms with van der Waals surface area (Å²) >= 11 is 1.79. The molecule has 1 N–H and O–H groups in total. The average molecular weight is 268 g/mol. The van der Waals surface area contributed by atoms with Crippen LogP contribution in [-0.2, 0) is 0 Å². The van der Waals surface area contributed by atoms with Crippen LogP contribution in [0.2, 0.25) is 0 Å². The molecule has 2 rings (SSSR count). The Kier molecular flexibility index (Phi) is 4.65. The Labute approximate surface area is 113 Å². The van der Waals surface area contributed by atoms with Gasteiger partial charge in [-0.2, -0.15) is 0 Å². The normalized spacial score (nSPS) is 19.9. The van der Waals surface area contributed by atoms with Crippen LogP contribution in [0.1, 0.15) is 13.8 Å². The van der Waals surface area contributed by atoms with Gasteiger partial charge in [-0.1, -0.05) is 0 Å². The van der Waals surface area contributed by atoms with Crippen LogP contribution >= 0.6 is 11.8 Å². The molecule has 100 valence electrons. The molecule has 1 aliphatic rings. The zero-order chi connectivity index (χ0) is 13.0. The maximum atomic E-state index is 12.8. The first-order valence-corrected chi connectivity index (χ1v) is 7.41. The van der Waals surface area contributed by atoms with Gasteiger partial charge < -0.3 is 5.32 Å². The third-order valence-electron chi connectivity index (χ3n) is 3.42. The molecule has 18 heavy (non-hydrogen) atoms. The second kappa shape index (κ2) is 6.04. The quantitative estimate of drug-likeness (QED) is 0.845. The van der Waals surface area contributed by atoms with Gasteiger partial charge in [0.15, 0.2) is 0 Å². The predicted molar refractivity (Wildman–Crippen MR) is 75.6 cm³/mol. The summed E-state index contributed by atoms with van der Waals surface area (Å²) in [6.45, 7) is 8.87. The SMILES string of the molecule is CC1(C)CNCCN1CCSc1ccc(F)cc1. The van der Waals surface area contributed by atoms with Crippen molar-refractivity contribution in [3.05, 3.63) is 30.1 Å². The summed E-state index contributed by atoms with van der Waals surface area (Å²) in [5.74, 6) is 0.886. The lowest BCUT2D eigenvalue weighted by molar-refractivity contribution is 0.0986. The predicted octanol–water partition coefficient (Wildman–Crippen LogP) is 2.60. The lowest BCUT2D eigenvalue weighted by Gasteiger charge is -2.42. The van der Waals surface area contributed by atoms with E-state index in [1.165, 1.54) is 12.1 Å². The summed E-state index contributed by atoms with van der Waals surface area (Å²) in [6.07, 6.45) is 0. The summed E-state index contributed by atoms with van der Waals surface area (Å²) in [6, 6.07) is 6.75. The summed E-state index contributed by atoms with van der Waals surface area (Å²) in [5, 5.41) is 3.43. The maximum absolute atomic E-state index is 12.8. The molecule has 0 aliphatic carbocycles. The van der Waals surface area contributed by atoms with Gasteiger partial charge in [-0.3, -0.25) is 4.90 Å². The lowest BCUT2D eigenvalue weighted by atomic mass is 10.0. The number of nitrogens with one attached hydrogen (secondary N) is 1. The van der Waals surface area contributed by atoms with Crippen molar-refractivity contribution in [2.75, 3.05) is 31.9 Å². The first kappa shape index (κ1) is 13.8. The van der Waals surface area contributed by atoms with Crippen LogP contribution in [0, 0.1) is 5.82 Å². The van der Waals surface area contributed by atoms with E-state index in [2.05, 4.69) is 24.1 Å². The molecule has 1 saturated heterocycles. The number of hydrogen-bond donors (Lipinski definition) is 1. The van der Waals surface area contributed by atoms with E-state index in [1.807, 2.05) is 12.1 Å². The molecule has 1 fully saturated rings. The van der Waals surface area contributed by atoms with Gasteiger partial charge in [0, 0.05) is 42.4 Å². The molecule has 0 bridgehead atoms. The Bertz CT molecular complexity index is 378. The molecule has 2 nitrogen and oxygen atoms in total. The smallest absolute Gasteiger partial charge is 0.123 e. The number of rotatable bonds is 4. The van der Waals surface area contributed by atoms with Gasteiger partial charge in [0.25, 0.3) is 0 Å². The zero-order valence-electron chi connectivity index (χ0n) is 11.1. The molecular weight excluding hydrogens is 247 g/mol. The van der Waals surface area contributed by atoms with E-state index in [9.17, 15) is 4.39 Å². The van der Waals surface area contributed by atoms with Crippen LogP contribution in [0.4, 0.5) is 4.39 Å². The first-order chi connectivity index (χ1) is 8.58. The molecule has 1 aromatic carbocycles. The third-order valence-corrected chi connectivity index (χ3v) is 4.41. The highest BCUT2D eigenvalue weighted by molar-refractivity contribution is 7.99. The average Bonchev–Trinajstić information content (AvgIpc) is 2.33. The van der Waals surface area contributed by atoms with Crippen LogP contribution in [0.3, 0.4) is 0 Å². The van der Waals surface area contributed by atoms with E-state index < -0.39 is 0 Å². The van der Waals surface area contributed by atoms with E-state index >= 15 is 0 Å². The Morgan fingerprint density at radius 1 is 1.33 bits per heavy atom. The lowest BCUT2D eigenvalue weighted by Crippen LogP contribution is -2.58. The monoisotopic (exact) mass is 268 g/mol. The molecule has 0 radical (unpaired) electrons. The number of benzene rings is 1. The Morgan fingerprint density at radius 2 is 2.06 bits per heavy atom. The fraction of sp³-hybridized carbons (Fsp3) is 0.571. The summed E-state index contributed by atoms with van der Waals surface area (Å²) < 4.78 is 12.8. The highest BCUT2D eigenvalue weighted by Gasteiger charge is 2.28. The summed E-state index contributed by atoms with van der Waals surface area (Å²) in [5.41, 5.74) is 0.238. The van der Waals surface area contributed by atoms with E-state index in [1.54, 1.807) is 11.8 Å². The molecular formula is C14H21FN2S. The van der Waals surface area contributed by atoms with Crippen molar-refractivity contribution < 1.29 is 4.39 Å². The molecule has 0 amide bonds. The number of thioether (sulfide) groups is 1. The van der Waals surface area contributed by atoms with Crippen molar-refractivity contribution in [2.24, 2.45) is 0 Å². The standard InChI is InChI=1S/C14H21FN2S/c1-14(2)11-16-7-8-17(14)9-10-18-13-5-3-12(15)4-6-13/h3-6,16H,7-11H2,1-2H3. The molecule has 0 saturated carbocycles. The Morgan fingerprint density at radius 3 is 2.72 bits per heavy atom. The summed E-state index contributed by atoms with van der Waals surface area (Å²) in [4.78, 5) is 3.67. The van der Waals surface area contributed by atoms with Crippen LogP contribution in [-0.4, -0.2) is 42.4 Å². The molecule has 1 heterocycles. The van der Waals surface area contributed by atoms with Gasteiger partial charge in [0.1, 0.15) is 5.82 Å². The Balaban J connectivity index is 1.79. The highest BCUT2D eigenvalue weighted by Crippen LogP contribution is 2.21. The number of hydrogen-bond acceptors (Lipinski definition) is 3. The largest absolute Gasteiger partial charge is 0.314 e. The molecule has 0 aromatic heterocycles. The number of piperazine rings is 1. The van der Waals surface area contributed by atoms with Crippen molar-refractivity contribution in [2.45, 2.75) is 24.3 Å². The third kappa shape index (κ3) is 3.70. The zero-order valence-corrected chi connectivity index (χ0v) is 11.9. The van der Waals surface area contributed by atoms with Crippen molar-refractivity contribution in [3.63, 3.8) is 0 Å². The first-order valence-electron chi connectivity index (χ1n) is 6.42. The maximum Gasteiger partial charge on any atom is 0.123 e. The number of halogens is 1. The van der Waals surface area contributed by atoms with Crippen molar-refractivity contribution in [3.8, 4) is 0 Å². The van der Waals surface area contributed by atoms with Crippen molar-refractivity contribution in [1.29, 1.82) is 0 Å².